The molecule has 0 saturated heterocycles. The number of rotatable bonds is 7. The molecule has 0 saturated carbocycles. The molecule has 0 fully saturated rings. The van der Waals surface area contributed by atoms with E-state index in [1.165, 1.54) is 35.1 Å². The van der Waals surface area contributed by atoms with E-state index < -0.39 is 5.91 Å². The first-order chi connectivity index (χ1) is 13.9. The summed E-state index contributed by atoms with van der Waals surface area (Å²) in [6.07, 6.45) is 2.08. The van der Waals surface area contributed by atoms with E-state index in [1.807, 2.05) is 6.92 Å². The van der Waals surface area contributed by atoms with Gasteiger partial charge in [-0.3, -0.25) is 9.59 Å². The number of carbonyl (C=O) groups excluding carboxylic acids is 1. The van der Waals surface area contributed by atoms with Gasteiger partial charge >= 0.3 is 0 Å². The van der Waals surface area contributed by atoms with Gasteiger partial charge < -0.3 is 15.2 Å². The number of aromatic nitrogens is 3. The molecule has 1 amide bonds. The SMILES string of the molecule is CCc1nn2c(=O)cc(COc3ccc(C=C(C#N)C(N)=O)cc3OC)nc2s1. The predicted octanol–water partition coefficient (Wildman–Crippen LogP) is 1.69. The highest BCUT2D eigenvalue weighted by atomic mass is 32.1. The first-order valence-electron chi connectivity index (χ1n) is 8.56. The fourth-order valence-electron chi connectivity index (χ4n) is 2.48. The zero-order valence-electron chi connectivity index (χ0n) is 15.7. The molecule has 0 unspecified atom stereocenters. The zero-order valence-corrected chi connectivity index (χ0v) is 16.5. The van der Waals surface area contributed by atoms with Crippen LogP contribution in [0.5, 0.6) is 11.5 Å². The number of nitrogens with two attached hydrogens (primary N) is 1. The number of fused-ring (bicyclic) bond motifs is 1. The molecule has 29 heavy (non-hydrogen) atoms. The second-order valence-corrected chi connectivity index (χ2v) is 6.90. The maximum Gasteiger partial charge on any atom is 0.275 e. The standard InChI is InChI=1S/C19H17N5O4S/c1-3-16-23-24-17(25)8-13(22-19(24)29-16)10-28-14-5-4-11(7-15(14)27-2)6-12(9-20)18(21)26/h4-8H,3,10H2,1-2H3,(H2,21,26). The lowest BCUT2D eigenvalue weighted by molar-refractivity contribution is -0.114. The fourth-order valence-corrected chi connectivity index (χ4v) is 3.34. The molecule has 1 aromatic carbocycles. The Labute approximate surface area is 169 Å². The van der Waals surface area contributed by atoms with Gasteiger partial charge in [-0.25, -0.2) is 4.98 Å². The third-order valence-electron chi connectivity index (χ3n) is 3.90. The number of nitrogens with zero attached hydrogens (tertiary/aromatic N) is 4. The first kappa shape index (κ1) is 20.0. The van der Waals surface area contributed by atoms with Crippen molar-refractivity contribution >= 4 is 28.3 Å². The average molecular weight is 411 g/mol. The van der Waals surface area contributed by atoms with Gasteiger partial charge in [-0.1, -0.05) is 24.3 Å². The van der Waals surface area contributed by atoms with Crippen LogP contribution in [0.3, 0.4) is 0 Å². The van der Waals surface area contributed by atoms with E-state index >= 15 is 0 Å². The number of methoxy groups -OCH3 is 1. The van der Waals surface area contributed by atoms with Crippen molar-refractivity contribution in [2.75, 3.05) is 7.11 Å². The van der Waals surface area contributed by atoms with Gasteiger partial charge in [0.2, 0.25) is 4.96 Å². The van der Waals surface area contributed by atoms with E-state index in [0.717, 1.165) is 11.4 Å². The van der Waals surface area contributed by atoms with Gasteiger partial charge in [-0.15, -0.1) is 0 Å². The topological polar surface area (TPSA) is 133 Å². The number of carbonyl (C=O) groups is 1. The number of hydrogen-bond donors (Lipinski definition) is 1. The van der Waals surface area contributed by atoms with E-state index in [1.54, 1.807) is 24.3 Å². The molecule has 0 bridgehead atoms. The van der Waals surface area contributed by atoms with E-state index in [4.69, 9.17) is 20.5 Å². The number of aryl methyl sites for hydroxylation is 1. The van der Waals surface area contributed by atoms with Crippen molar-refractivity contribution in [3.63, 3.8) is 0 Å². The van der Waals surface area contributed by atoms with Crippen LogP contribution >= 0.6 is 11.3 Å². The minimum Gasteiger partial charge on any atom is -0.493 e. The maximum absolute atomic E-state index is 12.2. The Morgan fingerprint density at radius 3 is 2.83 bits per heavy atom. The smallest absolute Gasteiger partial charge is 0.275 e. The van der Waals surface area contributed by atoms with Crippen LogP contribution in [0.25, 0.3) is 11.0 Å². The van der Waals surface area contributed by atoms with Crippen LogP contribution in [0, 0.1) is 11.3 Å². The van der Waals surface area contributed by atoms with Crippen LogP contribution < -0.4 is 20.8 Å². The van der Waals surface area contributed by atoms with Crippen molar-refractivity contribution in [1.29, 1.82) is 5.26 Å². The molecular formula is C19H17N5O4S. The van der Waals surface area contributed by atoms with Crippen LogP contribution in [0.15, 0.2) is 34.6 Å². The van der Waals surface area contributed by atoms with Crippen molar-refractivity contribution in [2.45, 2.75) is 20.0 Å². The number of amides is 1. The summed E-state index contributed by atoms with van der Waals surface area (Å²) in [5.74, 6) is 0.000924. The van der Waals surface area contributed by atoms with Crippen LogP contribution in [0.4, 0.5) is 0 Å². The highest BCUT2D eigenvalue weighted by molar-refractivity contribution is 7.16. The quantitative estimate of drug-likeness (QED) is 0.462. The monoisotopic (exact) mass is 411 g/mol. The van der Waals surface area contributed by atoms with Crippen molar-refractivity contribution in [2.24, 2.45) is 5.73 Å². The molecule has 3 rings (SSSR count). The molecule has 2 N–H and O–H groups in total. The fraction of sp³-hybridized carbons (Fsp3) is 0.211. The van der Waals surface area contributed by atoms with Gasteiger partial charge in [0.25, 0.3) is 11.5 Å². The second-order valence-electron chi connectivity index (χ2n) is 5.86. The van der Waals surface area contributed by atoms with Gasteiger partial charge in [-0.05, 0) is 30.2 Å². The van der Waals surface area contributed by atoms with Crippen LogP contribution in [0.1, 0.15) is 23.2 Å². The Bertz CT molecular complexity index is 1210. The molecule has 10 heteroatoms. The highest BCUT2D eigenvalue weighted by Gasteiger charge is 2.11. The molecule has 2 aromatic heterocycles. The molecule has 0 aliphatic heterocycles. The number of benzene rings is 1. The lowest BCUT2D eigenvalue weighted by Crippen LogP contribution is -2.16. The Morgan fingerprint density at radius 1 is 1.38 bits per heavy atom. The molecule has 0 aliphatic rings. The van der Waals surface area contributed by atoms with Crippen LogP contribution in [-0.4, -0.2) is 27.6 Å². The van der Waals surface area contributed by atoms with E-state index in [9.17, 15) is 9.59 Å². The summed E-state index contributed by atoms with van der Waals surface area (Å²) in [6.45, 7) is 2.02. The summed E-state index contributed by atoms with van der Waals surface area (Å²) < 4.78 is 12.3. The molecule has 9 nitrogen and oxygen atoms in total. The van der Waals surface area contributed by atoms with Crippen LogP contribution in [0.2, 0.25) is 0 Å². The molecule has 0 radical (unpaired) electrons. The van der Waals surface area contributed by atoms with Crippen molar-refractivity contribution in [1.82, 2.24) is 14.6 Å². The third kappa shape index (κ3) is 4.41. The van der Waals surface area contributed by atoms with Crippen molar-refractivity contribution in [3.05, 3.63) is 56.5 Å². The molecule has 2 heterocycles. The number of primary amides is 1. The van der Waals surface area contributed by atoms with Crippen molar-refractivity contribution in [3.8, 4) is 17.6 Å². The molecule has 148 valence electrons. The van der Waals surface area contributed by atoms with Gasteiger partial charge in [0.05, 0.1) is 12.8 Å². The Kier molecular flexibility index (Phi) is 5.90. The molecule has 0 atom stereocenters. The van der Waals surface area contributed by atoms with Gasteiger partial charge in [0.1, 0.15) is 23.3 Å². The van der Waals surface area contributed by atoms with E-state index in [0.29, 0.717) is 27.7 Å². The summed E-state index contributed by atoms with van der Waals surface area (Å²) in [6, 6.07) is 8.02. The lowest BCUT2D eigenvalue weighted by atomic mass is 10.1. The average Bonchev–Trinajstić information content (AvgIpc) is 3.14. The number of ether oxygens (including phenoxy) is 2. The largest absolute Gasteiger partial charge is 0.493 e. The predicted molar refractivity (Wildman–Crippen MR) is 107 cm³/mol. The Balaban J connectivity index is 1.83. The van der Waals surface area contributed by atoms with Gasteiger partial charge in [-0.2, -0.15) is 14.9 Å². The number of nitriles is 1. The molecule has 0 aliphatic carbocycles. The third-order valence-corrected chi connectivity index (χ3v) is 4.96. The Morgan fingerprint density at radius 2 is 2.17 bits per heavy atom. The van der Waals surface area contributed by atoms with E-state index in [-0.39, 0.29) is 17.7 Å². The lowest BCUT2D eigenvalue weighted by Gasteiger charge is -2.11. The summed E-state index contributed by atoms with van der Waals surface area (Å²) in [5, 5.41) is 14.0. The summed E-state index contributed by atoms with van der Waals surface area (Å²) in [5.41, 5.74) is 5.72. The Hall–Kier alpha value is -3.71. The zero-order chi connectivity index (χ0) is 21.0. The summed E-state index contributed by atoms with van der Waals surface area (Å²) in [7, 11) is 1.47. The summed E-state index contributed by atoms with van der Waals surface area (Å²) >= 11 is 1.36. The normalized spacial score (nSPS) is 11.3. The first-order valence-corrected chi connectivity index (χ1v) is 9.38. The molecule has 0 spiro atoms. The minimum atomic E-state index is -0.811. The molecular weight excluding hydrogens is 394 g/mol. The maximum atomic E-state index is 12.2. The minimum absolute atomic E-state index is 0.0569. The van der Waals surface area contributed by atoms with Crippen molar-refractivity contribution < 1.29 is 14.3 Å². The van der Waals surface area contributed by atoms with E-state index in [2.05, 4.69) is 10.1 Å². The van der Waals surface area contributed by atoms with Gasteiger partial charge in [0, 0.05) is 6.07 Å². The highest BCUT2D eigenvalue weighted by Crippen LogP contribution is 2.29. The van der Waals surface area contributed by atoms with Gasteiger partial charge in [0.15, 0.2) is 11.5 Å². The second kappa shape index (κ2) is 8.53. The molecule has 3 aromatic rings. The van der Waals surface area contributed by atoms with Crippen LogP contribution in [-0.2, 0) is 17.8 Å². The number of hydrogen-bond acceptors (Lipinski definition) is 8. The summed E-state index contributed by atoms with van der Waals surface area (Å²) in [4.78, 5) is 28.3.